The maximum absolute atomic E-state index is 12.6. The second-order valence-electron chi connectivity index (χ2n) is 8.27. The van der Waals surface area contributed by atoms with Gasteiger partial charge in [0.25, 0.3) is 5.91 Å². The van der Waals surface area contributed by atoms with Crippen LogP contribution in [0.4, 0.5) is 11.8 Å². The average molecular weight is 428 g/mol. The van der Waals surface area contributed by atoms with Crippen LogP contribution in [0.3, 0.4) is 0 Å². The minimum Gasteiger partial charge on any atom is -0.497 e. The molecule has 168 valence electrons. The van der Waals surface area contributed by atoms with Crippen molar-refractivity contribution >= 4 is 17.7 Å². The van der Waals surface area contributed by atoms with E-state index in [0.29, 0.717) is 41.5 Å². The summed E-state index contributed by atoms with van der Waals surface area (Å²) in [7, 11) is 7.12. The Kier molecular flexibility index (Phi) is 7.55. The predicted octanol–water partition coefficient (Wildman–Crippen LogP) is 3.27. The number of benzene rings is 1. The maximum atomic E-state index is 12.6. The SMILES string of the molecule is COc1cc(OC)cc(C(=O)NCC2CCC(Nc3ncc(C)c(N(C)C)n3)CC2)c1. The van der Waals surface area contributed by atoms with Crippen molar-refractivity contribution < 1.29 is 14.3 Å². The third-order valence-electron chi connectivity index (χ3n) is 5.71. The van der Waals surface area contributed by atoms with Crippen molar-refractivity contribution in [3.05, 3.63) is 35.5 Å². The topological polar surface area (TPSA) is 88.6 Å². The molecule has 8 heteroatoms. The minimum absolute atomic E-state index is 0.110. The highest BCUT2D eigenvalue weighted by Crippen LogP contribution is 2.27. The Morgan fingerprint density at radius 3 is 2.32 bits per heavy atom. The number of aryl methyl sites for hydroxylation is 1. The summed E-state index contributed by atoms with van der Waals surface area (Å²) in [6.45, 7) is 2.68. The van der Waals surface area contributed by atoms with E-state index in [4.69, 9.17) is 9.47 Å². The second-order valence-corrected chi connectivity index (χ2v) is 8.27. The van der Waals surface area contributed by atoms with Gasteiger partial charge >= 0.3 is 0 Å². The molecule has 1 aromatic carbocycles. The Morgan fingerprint density at radius 2 is 1.74 bits per heavy atom. The molecule has 0 saturated heterocycles. The molecule has 8 nitrogen and oxygen atoms in total. The number of amides is 1. The van der Waals surface area contributed by atoms with Gasteiger partial charge < -0.3 is 25.0 Å². The van der Waals surface area contributed by atoms with Crippen LogP contribution in [0.15, 0.2) is 24.4 Å². The summed E-state index contributed by atoms with van der Waals surface area (Å²) >= 11 is 0. The van der Waals surface area contributed by atoms with E-state index in [9.17, 15) is 4.79 Å². The normalized spacial score (nSPS) is 18.2. The second kappa shape index (κ2) is 10.3. The number of aromatic nitrogens is 2. The molecular formula is C23H33N5O3. The summed E-state index contributed by atoms with van der Waals surface area (Å²) in [5.41, 5.74) is 1.60. The van der Waals surface area contributed by atoms with Gasteiger partial charge in [-0.3, -0.25) is 4.79 Å². The Labute approximate surface area is 184 Å². The van der Waals surface area contributed by atoms with E-state index in [1.165, 1.54) is 0 Å². The summed E-state index contributed by atoms with van der Waals surface area (Å²) in [4.78, 5) is 23.6. The van der Waals surface area contributed by atoms with Crippen molar-refractivity contribution in [3.8, 4) is 11.5 Å². The number of rotatable bonds is 8. The number of methoxy groups -OCH3 is 2. The summed E-state index contributed by atoms with van der Waals surface area (Å²) < 4.78 is 10.5. The molecule has 0 unspecified atom stereocenters. The number of anilines is 2. The first-order valence-electron chi connectivity index (χ1n) is 10.7. The molecule has 1 amide bonds. The minimum atomic E-state index is -0.110. The van der Waals surface area contributed by atoms with Crippen LogP contribution in [0, 0.1) is 12.8 Å². The summed E-state index contributed by atoms with van der Waals surface area (Å²) in [5, 5.41) is 6.54. The van der Waals surface area contributed by atoms with Crippen molar-refractivity contribution in [1.29, 1.82) is 0 Å². The Balaban J connectivity index is 1.48. The van der Waals surface area contributed by atoms with Crippen molar-refractivity contribution in [2.24, 2.45) is 5.92 Å². The highest BCUT2D eigenvalue weighted by atomic mass is 16.5. The van der Waals surface area contributed by atoms with E-state index < -0.39 is 0 Å². The fourth-order valence-electron chi connectivity index (χ4n) is 3.93. The van der Waals surface area contributed by atoms with Crippen molar-refractivity contribution in [1.82, 2.24) is 15.3 Å². The van der Waals surface area contributed by atoms with Crippen LogP contribution < -0.4 is 25.0 Å². The van der Waals surface area contributed by atoms with Crippen LogP contribution in [0.2, 0.25) is 0 Å². The quantitative estimate of drug-likeness (QED) is 0.668. The molecule has 0 spiro atoms. The van der Waals surface area contributed by atoms with Crippen molar-refractivity contribution in [3.63, 3.8) is 0 Å². The number of carbonyl (C=O) groups excluding carboxylic acids is 1. The van der Waals surface area contributed by atoms with Crippen LogP contribution in [-0.4, -0.2) is 56.8 Å². The number of hydrogen-bond acceptors (Lipinski definition) is 7. The maximum Gasteiger partial charge on any atom is 0.251 e. The van der Waals surface area contributed by atoms with E-state index in [0.717, 1.165) is 37.1 Å². The van der Waals surface area contributed by atoms with Gasteiger partial charge in [0.05, 0.1) is 14.2 Å². The summed E-state index contributed by atoms with van der Waals surface area (Å²) in [6.07, 6.45) is 6.01. The van der Waals surface area contributed by atoms with Crippen LogP contribution in [-0.2, 0) is 0 Å². The average Bonchev–Trinajstić information content (AvgIpc) is 2.79. The first-order chi connectivity index (χ1) is 14.9. The number of nitrogens with zero attached hydrogens (tertiary/aromatic N) is 3. The van der Waals surface area contributed by atoms with Crippen molar-refractivity contribution in [2.75, 3.05) is 45.1 Å². The standard InChI is InChI=1S/C23H33N5O3/c1-15-13-25-23(27-21(15)28(2)3)26-18-8-6-16(7-9-18)14-24-22(29)17-10-19(30-4)12-20(11-17)31-5/h10-13,16,18H,6-9,14H2,1-5H3,(H,24,29)(H,25,26,27). The molecule has 3 rings (SSSR count). The van der Waals surface area contributed by atoms with Crippen LogP contribution in [0.1, 0.15) is 41.6 Å². The third-order valence-corrected chi connectivity index (χ3v) is 5.71. The highest BCUT2D eigenvalue weighted by molar-refractivity contribution is 5.95. The molecular weight excluding hydrogens is 394 g/mol. The lowest BCUT2D eigenvalue weighted by Crippen LogP contribution is -2.34. The zero-order chi connectivity index (χ0) is 22.4. The first-order valence-corrected chi connectivity index (χ1v) is 10.7. The van der Waals surface area contributed by atoms with Gasteiger partial charge in [-0.05, 0) is 50.7 Å². The van der Waals surface area contributed by atoms with Gasteiger partial charge in [0.1, 0.15) is 17.3 Å². The molecule has 1 aliphatic carbocycles. The molecule has 1 aromatic heterocycles. The third kappa shape index (κ3) is 5.99. The van der Waals surface area contributed by atoms with Crippen molar-refractivity contribution in [2.45, 2.75) is 38.6 Å². The molecule has 2 N–H and O–H groups in total. The summed E-state index contributed by atoms with van der Waals surface area (Å²) in [5.74, 6) is 3.17. The molecule has 31 heavy (non-hydrogen) atoms. The van der Waals surface area contributed by atoms with Gasteiger partial charge in [0.15, 0.2) is 0 Å². The highest BCUT2D eigenvalue weighted by Gasteiger charge is 2.23. The molecule has 1 aliphatic rings. The molecule has 1 heterocycles. The monoisotopic (exact) mass is 427 g/mol. The van der Waals surface area contributed by atoms with Crippen LogP contribution in [0.25, 0.3) is 0 Å². The van der Waals surface area contributed by atoms with Crippen LogP contribution >= 0.6 is 0 Å². The van der Waals surface area contributed by atoms with Gasteiger partial charge in [0, 0.05) is 50.1 Å². The zero-order valence-electron chi connectivity index (χ0n) is 19.1. The summed E-state index contributed by atoms with van der Waals surface area (Å²) in [6, 6.07) is 5.56. The predicted molar refractivity (Wildman–Crippen MR) is 122 cm³/mol. The lowest BCUT2D eigenvalue weighted by Gasteiger charge is -2.29. The van der Waals surface area contributed by atoms with Gasteiger partial charge in [-0.15, -0.1) is 0 Å². The number of ether oxygens (including phenoxy) is 2. The Bertz CT molecular complexity index is 873. The Morgan fingerprint density at radius 1 is 1.10 bits per heavy atom. The largest absolute Gasteiger partial charge is 0.497 e. The van der Waals surface area contributed by atoms with Crippen LogP contribution in [0.5, 0.6) is 11.5 Å². The van der Waals surface area contributed by atoms with E-state index in [2.05, 4.69) is 20.6 Å². The van der Waals surface area contributed by atoms with Gasteiger partial charge in [-0.25, -0.2) is 4.98 Å². The van der Waals surface area contributed by atoms with Gasteiger partial charge in [-0.2, -0.15) is 4.98 Å². The van der Waals surface area contributed by atoms with E-state index in [1.807, 2.05) is 32.1 Å². The first kappa shape index (κ1) is 22.7. The van der Waals surface area contributed by atoms with E-state index >= 15 is 0 Å². The smallest absolute Gasteiger partial charge is 0.251 e. The fraction of sp³-hybridized carbons (Fsp3) is 0.522. The Hall–Kier alpha value is -3.03. The molecule has 1 fully saturated rings. The molecule has 0 radical (unpaired) electrons. The zero-order valence-corrected chi connectivity index (χ0v) is 19.1. The van der Waals surface area contributed by atoms with Gasteiger partial charge in [-0.1, -0.05) is 0 Å². The molecule has 0 atom stereocenters. The molecule has 0 bridgehead atoms. The molecule has 2 aromatic rings. The number of carbonyl (C=O) groups is 1. The molecule has 0 aliphatic heterocycles. The van der Waals surface area contributed by atoms with E-state index in [1.54, 1.807) is 32.4 Å². The molecule has 1 saturated carbocycles. The number of hydrogen-bond donors (Lipinski definition) is 2. The fourth-order valence-corrected chi connectivity index (χ4v) is 3.93. The number of nitrogens with one attached hydrogen (secondary N) is 2. The van der Waals surface area contributed by atoms with E-state index in [-0.39, 0.29) is 5.91 Å². The lowest BCUT2D eigenvalue weighted by molar-refractivity contribution is 0.0942. The van der Waals surface area contributed by atoms with Gasteiger partial charge in [0.2, 0.25) is 5.95 Å². The lowest BCUT2D eigenvalue weighted by atomic mass is 9.86.